The molecule has 15 aliphatic rings. The van der Waals surface area contributed by atoms with Crippen molar-refractivity contribution in [2.24, 2.45) is 86.3 Å². The van der Waals surface area contributed by atoms with Gasteiger partial charge in [-0.25, -0.2) is 4.79 Å². The summed E-state index contributed by atoms with van der Waals surface area (Å²) in [5.41, 5.74) is -2.51. The Bertz CT molecular complexity index is 3370. The fraction of sp³-hybridized carbons (Fsp3) is 0.848. The van der Waals surface area contributed by atoms with Crippen LogP contribution in [-0.4, -0.2) is 195 Å². The van der Waals surface area contributed by atoms with E-state index >= 15 is 0 Å². The topological polar surface area (TPSA) is 343 Å². The molecule has 27 atom stereocenters. The quantitative estimate of drug-likeness (QED) is 0.0612. The molecule has 0 spiro atoms. The Morgan fingerprint density at radius 3 is 1.25 bits per heavy atom. The van der Waals surface area contributed by atoms with E-state index in [1.165, 1.54) is 0 Å². The second-order valence-electron chi connectivity index (χ2n) is 35.2. The lowest BCUT2D eigenvalue weighted by molar-refractivity contribution is -0.172. The van der Waals surface area contributed by atoms with Gasteiger partial charge in [0.25, 0.3) is 0 Å². The Balaban J connectivity index is 0.000000132. The predicted molar refractivity (Wildman–Crippen MR) is 368 cm³/mol. The van der Waals surface area contributed by atoms with Crippen LogP contribution >= 0.6 is 0 Å². The zero-order valence-corrected chi connectivity index (χ0v) is 64.8. The van der Waals surface area contributed by atoms with Gasteiger partial charge in [-0.1, -0.05) is 34.6 Å². The maximum Gasteiger partial charge on any atom is 0.344 e. The number of rotatable bonds is 25. The van der Waals surface area contributed by atoms with E-state index in [1.54, 1.807) is 27.7 Å². The third-order valence-electron chi connectivity index (χ3n) is 26.5. The second-order valence-corrected chi connectivity index (χ2v) is 35.2. The summed E-state index contributed by atoms with van der Waals surface area (Å²) in [5, 5.41) is 0. The second kappa shape index (κ2) is 31.3. The van der Waals surface area contributed by atoms with Crippen LogP contribution in [-0.2, 0) is 129 Å². The minimum absolute atomic E-state index is 0.0180. The smallest absolute Gasteiger partial charge is 0.344 e. The molecule has 2 saturated carbocycles. The van der Waals surface area contributed by atoms with E-state index in [0.29, 0.717) is 86.8 Å². The van der Waals surface area contributed by atoms with Gasteiger partial charge in [0.1, 0.15) is 48.7 Å². The maximum absolute atomic E-state index is 12.2. The Hall–Kier alpha value is -6.16. The van der Waals surface area contributed by atoms with E-state index in [2.05, 4.69) is 0 Å². The summed E-state index contributed by atoms with van der Waals surface area (Å²) in [6.07, 6.45) is 6.67. The number of fused-ring (bicyclic) bond motifs is 5. The molecule has 27 heteroatoms. The van der Waals surface area contributed by atoms with Crippen LogP contribution < -0.4 is 0 Å². The van der Waals surface area contributed by atoms with Gasteiger partial charge in [-0.2, -0.15) is 0 Å². The third-order valence-corrected chi connectivity index (χ3v) is 26.5. The molecule has 0 amide bonds. The average molecular weight is 1500 g/mol. The van der Waals surface area contributed by atoms with Crippen LogP contribution in [0.2, 0.25) is 0 Å². The molecule has 2 aliphatic carbocycles. The fourth-order valence-corrected chi connectivity index (χ4v) is 17.7. The van der Waals surface area contributed by atoms with Crippen LogP contribution in [0.1, 0.15) is 214 Å². The number of esters is 10. The van der Waals surface area contributed by atoms with Crippen LogP contribution in [0.5, 0.6) is 0 Å². The number of ketones is 2. The minimum atomic E-state index is -0.652. The van der Waals surface area contributed by atoms with Crippen LogP contribution in [0.4, 0.5) is 0 Å². The van der Waals surface area contributed by atoms with E-state index in [0.717, 1.165) is 44.9 Å². The van der Waals surface area contributed by atoms with Gasteiger partial charge in [0, 0.05) is 24.7 Å². The first-order chi connectivity index (χ1) is 49.8. The maximum atomic E-state index is 12.2. The Morgan fingerprint density at radius 1 is 0.406 bits per heavy atom. The summed E-state index contributed by atoms with van der Waals surface area (Å²) < 4.78 is 82.3. The first-order valence-electron chi connectivity index (χ1n) is 39.1. The Morgan fingerprint density at radius 2 is 0.774 bits per heavy atom. The van der Waals surface area contributed by atoms with Crippen LogP contribution in [0.3, 0.4) is 0 Å². The summed E-state index contributed by atoms with van der Waals surface area (Å²) >= 11 is 0. The molecule has 27 nitrogen and oxygen atoms in total. The van der Waals surface area contributed by atoms with Crippen LogP contribution in [0.15, 0.2) is 0 Å². The van der Waals surface area contributed by atoms with Crippen LogP contribution in [0.25, 0.3) is 0 Å². The summed E-state index contributed by atoms with van der Waals surface area (Å²) in [4.78, 5) is 142. The molecule has 15 rings (SSSR count). The summed E-state index contributed by atoms with van der Waals surface area (Å²) in [7, 11) is 0. The highest BCUT2D eigenvalue weighted by Gasteiger charge is 2.68. The fourth-order valence-electron chi connectivity index (χ4n) is 17.7. The van der Waals surface area contributed by atoms with E-state index in [-0.39, 0.29) is 170 Å². The van der Waals surface area contributed by atoms with Gasteiger partial charge in [0.05, 0.1) is 113 Å². The first-order valence-corrected chi connectivity index (χ1v) is 39.1. The van der Waals surface area contributed by atoms with Gasteiger partial charge in [0.15, 0.2) is 31.0 Å². The van der Waals surface area contributed by atoms with Crippen molar-refractivity contribution in [3.8, 4) is 0 Å². The number of hydrogen-bond acceptors (Lipinski definition) is 27. The van der Waals surface area contributed by atoms with Crippen molar-refractivity contribution in [2.45, 2.75) is 318 Å². The van der Waals surface area contributed by atoms with Crippen molar-refractivity contribution in [3.05, 3.63) is 0 Å². The summed E-state index contributed by atoms with van der Waals surface area (Å²) in [6, 6.07) is 0. The molecule has 13 saturated heterocycles. The molecule has 13 heterocycles. The normalized spacial score (nSPS) is 37.3. The third kappa shape index (κ3) is 16.0. The number of carbonyl (C=O) groups is 12. The van der Waals surface area contributed by atoms with E-state index in [9.17, 15) is 57.5 Å². The number of ether oxygens (including phenoxy) is 15. The van der Waals surface area contributed by atoms with Gasteiger partial charge in [-0.05, 0) is 184 Å². The standard InChI is InChI=1S/C17H26O4.C16H22O7.C16H24O4.C15H20O7.C15H22O5/c1-5-17(3,4)16(19)20-9(2)6-10-11-7-13(18)12-8-14(10)21-15(11)12;1-4-16(2,3)15(19)20-6-5-10(17)22-12-9-7-8-11(21-9)13(12)23-14(8)18;1-4-16(2,3)15(18)19-6-5-9-10-7-12(17)11-8-13(9)20-14(10)11;1-4-15(2,3)14(18)19-6-9(16)21-11-8-5-7-10(20-8)12(11)22-13(7)17;1-5-15(3,4)14(17)18-7(2)10-9-6-8-11(19-9)12(10)20-13(8)16/h9-12,14-15H,5-8H2,1-4H3;8-9,11-13H,4-7H2,1-3H3;9-11,13-14H,4-8H2,1-3H3;7-8,10-12H,4-6H2,1-3H3;7-12H,5-6H2,1-4H3. The first kappa shape index (κ1) is 80.8. The van der Waals surface area contributed by atoms with Gasteiger partial charge >= 0.3 is 59.7 Å². The zero-order valence-electron chi connectivity index (χ0n) is 64.8. The van der Waals surface area contributed by atoms with Crippen molar-refractivity contribution >= 4 is 71.3 Å². The molecule has 0 aromatic heterocycles. The molecule has 0 aromatic carbocycles. The van der Waals surface area contributed by atoms with E-state index in [4.69, 9.17) is 71.1 Å². The lowest BCUT2D eigenvalue weighted by Gasteiger charge is -2.30. The lowest BCUT2D eigenvalue weighted by atomic mass is 9.77. The average Bonchev–Trinajstić information content (AvgIpc) is 1.61. The molecule has 0 N–H and O–H groups in total. The van der Waals surface area contributed by atoms with Gasteiger partial charge < -0.3 is 71.1 Å². The predicted octanol–water partition coefficient (Wildman–Crippen LogP) is 8.34. The molecule has 15 fully saturated rings. The Kier molecular flexibility index (Phi) is 23.9. The van der Waals surface area contributed by atoms with Crippen LogP contribution in [0, 0.1) is 86.3 Å². The molecule has 592 valence electrons. The molecule has 13 aliphatic heterocycles. The van der Waals surface area contributed by atoms with Gasteiger partial charge in [-0.3, -0.25) is 52.7 Å². The van der Waals surface area contributed by atoms with Gasteiger partial charge in [0.2, 0.25) is 0 Å². The highest BCUT2D eigenvalue weighted by molar-refractivity contribution is 5.87. The molecule has 0 radical (unpaired) electrons. The minimum Gasteiger partial charge on any atom is -0.465 e. The van der Waals surface area contributed by atoms with Gasteiger partial charge in [-0.15, -0.1) is 0 Å². The monoisotopic (exact) mass is 1490 g/mol. The largest absolute Gasteiger partial charge is 0.465 e. The van der Waals surface area contributed by atoms with E-state index < -0.39 is 76.0 Å². The number of hydrogen-bond donors (Lipinski definition) is 0. The molecule has 0 aromatic rings. The summed E-state index contributed by atoms with van der Waals surface area (Å²) in [6.45, 7) is 32.1. The molecular formula is C79H114O27. The van der Waals surface area contributed by atoms with Crippen molar-refractivity contribution in [2.75, 3.05) is 19.8 Å². The molecule has 106 heavy (non-hydrogen) atoms. The highest BCUT2D eigenvalue weighted by Crippen LogP contribution is 2.57. The molecule has 10 bridgehead atoms. The van der Waals surface area contributed by atoms with Crippen molar-refractivity contribution in [1.29, 1.82) is 0 Å². The van der Waals surface area contributed by atoms with Crippen molar-refractivity contribution in [3.63, 3.8) is 0 Å². The van der Waals surface area contributed by atoms with Crippen molar-refractivity contribution < 1.29 is 129 Å². The number of Topliss-reactive ketones (excluding diaryl/α,β-unsaturated/α-hetero) is 2. The van der Waals surface area contributed by atoms with E-state index in [1.807, 2.05) is 90.0 Å². The SMILES string of the molecule is CCC(C)(C)C(=O)OC(C)C1C2CC3C(=O)OC1C3O2.CCC(C)(C)C(=O)OC(C)CC1C2CC3C(=O)CC1C3O2.CCC(C)(C)C(=O)OCC(=O)OC1C2CC3C(=O)OC1C3O2.CCC(C)(C)C(=O)OCCC(=O)OC1C2CC3C(=O)OC1C3O2.CCC(C)(C)C(=O)OCCC1C2CC3C(=O)CC1C3O2. The molecular weight excluding hydrogens is 1380 g/mol. The highest BCUT2D eigenvalue weighted by atomic mass is 16.7. The molecule has 27 unspecified atom stereocenters. The summed E-state index contributed by atoms with van der Waals surface area (Å²) in [5.74, 6) is -1.00. The van der Waals surface area contributed by atoms with Crippen molar-refractivity contribution in [1.82, 2.24) is 0 Å². The Labute approximate surface area is 621 Å². The number of carbonyl (C=O) groups excluding carboxylic acids is 12. The zero-order chi connectivity index (χ0) is 77.4. The lowest BCUT2D eigenvalue weighted by Crippen LogP contribution is -2.42.